The van der Waals surface area contributed by atoms with E-state index >= 15 is 0 Å². The molecule has 0 bridgehead atoms. The molecule has 0 aromatic heterocycles. The molecule has 0 radical (unpaired) electrons. The number of benzene rings is 1. The maximum atomic E-state index is 11.6. The van der Waals surface area contributed by atoms with Crippen LogP contribution < -0.4 is 14.8 Å². The summed E-state index contributed by atoms with van der Waals surface area (Å²) in [5.41, 5.74) is 0. The number of hydrogen-bond donors (Lipinski definition) is 1. The molecule has 1 rings (SSSR count). The van der Waals surface area contributed by atoms with Crippen LogP contribution in [0, 0.1) is 0 Å². The Kier molecular flexibility index (Phi) is 8.10. The molecule has 1 aromatic carbocycles. The molecule has 0 aliphatic rings. The number of hydrogen-bond acceptors (Lipinski definition) is 6. The predicted octanol–water partition coefficient (Wildman–Crippen LogP) is 0.212. The summed E-state index contributed by atoms with van der Waals surface area (Å²) in [6.07, 6.45) is 0. The SMILES string of the molecule is CCOc1ccccc1OCC(=O)OCC(=O)NCC(=O)N(C)C. The van der Waals surface area contributed by atoms with Gasteiger partial charge in [-0.1, -0.05) is 12.1 Å². The fraction of sp³-hybridized carbons (Fsp3) is 0.438. The first-order valence-electron chi connectivity index (χ1n) is 7.41. The van der Waals surface area contributed by atoms with Gasteiger partial charge >= 0.3 is 5.97 Å². The van der Waals surface area contributed by atoms with E-state index in [0.717, 1.165) is 0 Å². The third kappa shape index (κ3) is 6.99. The van der Waals surface area contributed by atoms with Crippen LogP contribution in [0.25, 0.3) is 0 Å². The van der Waals surface area contributed by atoms with Gasteiger partial charge < -0.3 is 24.4 Å². The van der Waals surface area contributed by atoms with Crippen LogP contribution in [0.2, 0.25) is 0 Å². The zero-order valence-corrected chi connectivity index (χ0v) is 14.0. The number of carbonyl (C=O) groups excluding carboxylic acids is 3. The molecule has 0 atom stereocenters. The van der Waals surface area contributed by atoms with Crippen molar-refractivity contribution in [2.24, 2.45) is 0 Å². The average molecular weight is 338 g/mol. The standard InChI is InChI=1S/C16H22N2O6/c1-4-22-12-7-5-6-8-13(12)23-11-16(21)24-10-14(19)17-9-15(20)18(2)3/h5-8H,4,9-11H2,1-3H3,(H,17,19). The van der Waals surface area contributed by atoms with E-state index in [1.54, 1.807) is 38.4 Å². The Bertz CT molecular complexity index is 573. The summed E-state index contributed by atoms with van der Waals surface area (Å²) in [6, 6.07) is 6.92. The second-order valence-electron chi connectivity index (χ2n) is 4.89. The van der Waals surface area contributed by atoms with Gasteiger partial charge in [0.25, 0.3) is 5.91 Å². The summed E-state index contributed by atoms with van der Waals surface area (Å²) in [4.78, 5) is 35.7. The summed E-state index contributed by atoms with van der Waals surface area (Å²) in [5, 5.41) is 2.35. The van der Waals surface area contributed by atoms with E-state index in [9.17, 15) is 14.4 Å². The Balaban J connectivity index is 2.32. The number of esters is 1. The fourth-order valence-corrected chi connectivity index (χ4v) is 1.55. The van der Waals surface area contributed by atoms with E-state index in [1.807, 2.05) is 6.92 Å². The smallest absolute Gasteiger partial charge is 0.344 e. The Morgan fingerprint density at radius 2 is 1.67 bits per heavy atom. The molecule has 0 aliphatic carbocycles. The van der Waals surface area contributed by atoms with Crippen molar-refractivity contribution >= 4 is 17.8 Å². The molecule has 0 fully saturated rings. The lowest BCUT2D eigenvalue weighted by atomic mass is 10.3. The number of ether oxygens (including phenoxy) is 3. The highest BCUT2D eigenvalue weighted by Crippen LogP contribution is 2.26. The highest BCUT2D eigenvalue weighted by molar-refractivity contribution is 5.86. The third-order valence-electron chi connectivity index (χ3n) is 2.79. The predicted molar refractivity (Wildman–Crippen MR) is 85.8 cm³/mol. The number of carbonyl (C=O) groups is 3. The molecule has 8 nitrogen and oxygen atoms in total. The summed E-state index contributed by atoms with van der Waals surface area (Å²) < 4.78 is 15.5. The molecule has 132 valence electrons. The van der Waals surface area contributed by atoms with Gasteiger partial charge in [0.2, 0.25) is 5.91 Å². The summed E-state index contributed by atoms with van der Waals surface area (Å²) >= 11 is 0. The lowest BCUT2D eigenvalue weighted by Crippen LogP contribution is -2.38. The van der Waals surface area contributed by atoms with E-state index in [0.29, 0.717) is 18.1 Å². The molecule has 0 saturated heterocycles. The van der Waals surface area contributed by atoms with E-state index < -0.39 is 18.5 Å². The first-order chi connectivity index (χ1) is 11.4. The lowest BCUT2D eigenvalue weighted by molar-refractivity contribution is -0.150. The van der Waals surface area contributed by atoms with Gasteiger partial charge in [0.1, 0.15) is 0 Å². The number of amides is 2. The minimum absolute atomic E-state index is 0.151. The Labute approximate surface area is 140 Å². The lowest BCUT2D eigenvalue weighted by Gasteiger charge is -2.12. The molecule has 1 N–H and O–H groups in total. The monoisotopic (exact) mass is 338 g/mol. The number of rotatable bonds is 9. The van der Waals surface area contributed by atoms with Gasteiger partial charge in [-0.25, -0.2) is 4.79 Å². The van der Waals surface area contributed by atoms with Crippen molar-refractivity contribution in [3.63, 3.8) is 0 Å². The van der Waals surface area contributed by atoms with Crippen molar-refractivity contribution in [1.82, 2.24) is 10.2 Å². The second kappa shape index (κ2) is 10.1. The van der Waals surface area contributed by atoms with Crippen molar-refractivity contribution in [3.05, 3.63) is 24.3 Å². The summed E-state index contributed by atoms with van der Waals surface area (Å²) in [6.45, 7) is 1.33. The number of para-hydroxylation sites is 2. The van der Waals surface area contributed by atoms with Crippen LogP contribution in [-0.4, -0.2) is 63.1 Å². The molecule has 0 aliphatic heterocycles. The van der Waals surface area contributed by atoms with E-state index in [2.05, 4.69) is 5.32 Å². The maximum absolute atomic E-state index is 11.6. The van der Waals surface area contributed by atoms with Gasteiger partial charge in [-0.05, 0) is 19.1 Å². The van der Waals surface area contributed by atoms with Gasteiger partial charge in [0.05, 0.1) is 13.2 Å². The zero-order chi connectivity index (χ0) is 17.9. The van der Waals surface area contributed by atoms with Crippen molar-refractivity contribution in [2.45, 2.75) is 6.92 Å². The van der Waals surface area contributed by atoms with Crippen molar-refractivity contribution in [2.75, 3.05) is 40.5 Å². The maximum Gasteiger partial charge on any atom is 0.344 e. The Morgan fingerprint density at radius 1 is 1.04 bits per heavy atom. The van der Waals surface area contributed by atoms with Crippen LogP contribution in [0.5, 0.6) is 11.5 Å². The topological polar surface area (TPSA) is 94.2 Å². The molecule has 0 heterocycles. The number of likely N-dealkylation sites (N-methyl/N-ethyl adjacent to an activating group) is 1. The third-order valence-corrected chi connectivity index (χ3v) is 2.79. The normalized spacial score (nSPS) is 9.79. The Morgan fingerprint density at radius 3 is 2.25 bits per heavy atom. The largest absolute Gasteiger partial charge is 0.490 e. The van der Waals surface area contributed by atoms with Crippen LogP contribution in [0.1, 0.15) is 6.92 Å². The van der Waals surface area contributed by atoms with Crippen LogP contribution in [-0.2, 0) is 19.1 Å². The van der Waals surface area contributed by atoms with Crippen LogP contribution in [0.3, 0.4) is 0 Å². The first-order valence-corrected chi connectivity index (χ1v) is 7.41. The molecule has 0 saturated carbocycles. The van der Waals surface area contributed by atoms with Crippen molar-refractivity contribution in [1.29, 1.82) is 0 Å². The molecule has 0 spiro atoms. The van der Waals surface area contributed by atoms with Crippen LogP contribution in [0.4, 0.5) is 0 Å². The van der Waals surface area contributed by atoms with Crippen LogP contribution in [0.15, 0.2) is 24.3 Å². The Hall–Kier alpha value is -2.77. The second-order valence-corrected chi connectivity index (χ2v) is 4.89. The minimum atomic E-state index is -0.699. The molecular weight excluding hydrogens is 316 g/mol. The van der Waals surface area contributed by atoms with Gasteiger partial charge in [-0.15, -0.1) is 0 Å². The van der Waals surface area contributed by atoms with Gasteiger partial charge in [0, 0.05) is 14.1 Å². The van der Waals surface area contributed by atoms with Gasteiger partial charge in [0.15, 0.2) is 24.7 Å². The highest BCUT2D eigenvalue weighted by atomic mass is 16.6. The highest BCUT2D eigenvalue weighted by Gasteiger charge is 2.12. The molecule has 0 unspecified atom stereocenters. The average Bonchev–Trinajstić information content (AvgIpc) is 2.57. The number of nitrogens with zero attached hydrogens (tertiary/aromatic N) is 1. The van der Waals surface area contributed by atoms with Gasteiger partial charge in [-0.3, -0.25) is 9.59 Å². The van der Waals surface area contributed by atoms with Crippen LogP contribution >= 0.6 is 0 Å². The van der Waals surface area contributed by atoms with Crippen molar-refractivity contribution < 1.29 is 28.6 Å². The van der Waals surface area contributed by atoms with Crippen molar-refractivity contribution in [3.8, 4) is 11.5 Å². The molecule has 24 heavy (non-hydrogen) atoms. The summed E-state index contributed by atoms with van der Waals surface area (Å²) in [7, 11) is 3.15. The minimum Gasteiger partial charge on any atom is -0.490 e. The molecule has 2 amide bonds. The fourth-order valence-electron chi connectivity index (χ4n) is 1.55. The van der Waals surface area contributed by atoms with Gasteiger partial charge in [-0.2, -0.15) is 0 Å². The molecule has 8 heteroatoms. The summed E-state index contributed by atoms with van der Waals surface area (Å²) in [5.74, 6) is -0.584. The van der Waals surface area contributed by atoms with E-state index in [-0.39, 0.29) is 19.1 Å². The first kappa shape index (κ1) is 19.3. The number of nitrogens with one attached hydrogen (secondary N) is 1. The quantitative estimate of drug-likeness (QED) is 0.647. The molecular formula is C16H22N2O6. The van der Waals surface area contributed by atoms with E-state index in [1.165, 1.54) is 4.90 Å². The molecule has 1 aromatic rings. The zero-order valence-electron chi connectivity index (χ0n) is 14.0. The van der Waals surface area contributed by atoms with E-state index in [4.69, 9.17) is 14.2 Å².